The molecule has 3 nitrogen and oxygen atoms in total. The van der Waals surface area contributed by atoms with Gasteiger partial charge in [-0.3, -0.25) is 0 Å². The number of thiazole rings is 1. The van der Waals surface area contributed by atoms with Gasteiger partial charge in [0.1, 0.15) is 5.52 Å². The standard InChI is InChI=1S/C13H11F2N3S2/c1-7(12-16-4-5-20-12)6-18-11-9(17-13(18)19)3-2-8(14)10(11)15/h2-5,7H,6H2,1H3,(H,17,19). The van der Waals surface area contributed by atoms with Crippen molar-refractivity contribution >= 4 is 34.6 Å². The summed E-state index contributed by atoms with van der Waals surface area (Å²) < 4.78 is 29.4. The molecule has 2 heterocycles. The Kier molecular flexibility index (Phi) is 3.39. The van der Waals surface area contributed by atoms with Gasteiger partial charge in [-0.05, 0) is 24.4 Å². The molecule has 1 atom stereocenters. The Morgan fingerprint density at radius 2 is 2.25 bits per heavy atom. The molecule has 0 aliphatic rings. The van der Waals surface area contributed by atoms with Crippen molar-refractivity contribution in [2.24, 2.45) is 0 Å². The van der Waals surface area contributed by atoms with E-state index in [9.17, 15) is 8.78 Å². The molecule has 20 heavy (non-hydrogen) atoms. The fraction of sp³-hybridized carbons (Fsp3) is 0.231. The molecule has 104 valence electrons. The zero-order chi connectivity index (χ0) is 14.3. The Balaban J connectivity index is 2.09. The van der Waals surface area contributed by atoms with E-state index in [1.807, 2.05) is 12.3 Å². The first-order valence-corrected chi connectivity index (χ1v) is 7.32. The van der Waals surface area contributed by atoms with E-state index in [0.717, 1.165) is 11.1 Å². The number of nitrogens with one attached hydrogen (secondary N) is 1. The number of nitrogens with zero attached hydrogens (tertiary/aromatic N) is 2. The highest BCUT2D eigenvalue weighted by Gasteiger charge is 2.17. The van der Waals surface area contributed by atoms with Crippen molar-refractivity contribution < 1.29 is 8.78 Å². The molecule has 0 bridgehead atoms. The van der Waals surface area contributed by atoms with E-state index in [4.69, 9.17) is 12.2 Å². The quantitative estimate of drug-likeness (QED) is 0.734. The predicted octanol–water partition coefficient (Wildman–Crippen LogP) is 4.24. The third kappa shape index (κ3) is 2.16. The third-order valence-corrected chi connectivity index (χ3v) is 4.48. The summed E-state index contributed by atoms with van der Waals surface area (Å²) in [4.78, 5) is 7.14. The molecule has 0 saturated heterocycles. The number of aromatic nitrogens is 3. The van der Waals surface area contributed by atoms with Crippen molar-refractivity contribution in [2.45, 2.75) is 19.4 Å². The van der Waals surface area contributed by atoms with E-state index < -0.39 is 11.6 Å². The van der Waals surface area contributed by atoms with E-state index >= 15 is 0 Å². The van der Waals surface area contributed by atoms with Gasteiger partial charge in [0.25, 0.3) is 0 Å². The topological polar surface area (TPSA) is 33.6 Å². The maximum atomic E-state index is 14.0. The van der Waals surface area contributed by atoms with Gasteiger partial charge in [-0.25, -0.2) is 13.8 Å². The van der Waals surface area contributed by atoms with Crippen LogP contribution in [0.5, 0.6) is 0 Å². The van der Waals surface area contributed by atoms with Gasteiger partial charge in [0.15, 0.2) is 16.4 Å². The van der Waals surface area contributed by atoms with Gasteiger partial charge in [0.05, 0.1) is 10.5 Å². The highest BCUT2D eigenvalue weighted by atomic mass is 32.1. The lowest BCUT2D eigenvalue weighted by Gasteiger charge is -2.10. The summed E-state index contributed by atoms with van der Waals surface area (Å²) >= 11 is 6.74. The van der Waals surface area contributed by atoms with E-state index in [-0.39, 0.29) is 11.4 Å². The van der Waals surface area contributed by atoms with Crippen molar-refractivity contribution in [1.29, 1.82) is 0 Å². The van der Waals surface area contributed by atoms with Crippen LogP contribution in [-0.2, 0) is 6.54 Å². The molecule has 2 aromatic heterocycles. The molecular weight excluding hydrogens is 300 g/mol. The molecule has 0 radical (unpaired) electrons. The lowest BCUT2D eigenvalue weighted by atomic mass is 10.2. The molecule has 0 fully saturated rings. The molecule has 1 N–H and O–H groups in total. The number of halogens is 2. The minimum atomic E-state index is -0.874. The second-order valence-corrected chi connectivity index (χ2v) is 5.88. The first-order chi connectivity index (χ1) is 9.58. The van der Waals surface area contributed by atoms with Crippen LogP contribution in [0.25, 0.3) is 11.0 Å². The normalized spacial score (nSPS) is 12.9. The zero-order valence-corrected chi connectivity index (χ0v) is 12.2. The number of rotatable bonds is 3. The SMILES string of the molecule is CC(Cn1c(=S)[nH]c2ccc(F)c(F)c21)c1nccs1. The largest absolute Gasteiger partial charge is 0.330 e. The Morgan fingerprint density at radius 3 is 2.95 bits per heavy atom. The van der Waals surface area contributed by atoms with Crippen LogP contribution in [0, 0.1) is 16.4 Å². The van der Waals surface area contributed by atoms with E-state index in [0.29, 0.717) is 16.8 Å². The maximum absolute atomic E-state index is 14.0. The number of benzene rings is 1. The second kappa shape index (κ2) is 5.06. The minimum absolute atomic E-state index is 0.0726. The van der Waals surface area contributed by atoms with Gasteiger partial charge in [-0.1, -0.05) is 6.92 Å². The van der Waals surface area contributed by atoms with Gasteiger partial charge < -0.3 is 9.55 Å². The minimum Gasteiger partial charge on any atom is -0.330 e. The first kappa shape index (κ1) is 13.4. The summed E-state index contributed by atoms with van der Waals surface area (Å²) in [6.45, 7) is 2.43. The Morgan fingerprint density at radius 1 is 1.45 bits per heavy atom. The molecule has 0 aliphatic carbocycles. The van der Waals surface area contributed by atoms with Crippen LogP contribution in [0.15, 0.2) is 23.7 Å². The number of aromatic amines is 1. The van der Waals surface area contributed by atoms with Crippen LogP contribution < -0.4 is 0 Å². The summed E-state index contributed by atoms with van der Waals surface area (Å²) in [6, 6.07) is 2.59. The summed E-state index contributed by atoms with van der Waals surface area (Å²) in [5.41, 5.74) is 0.679. The van der Waals surface area contributed by atoms with E-state index in [1.54, 1.807) is 10.8 Å². The molecule has 1 aromatic carbocycles. The fourth-order valence-corrected chi connectivity index (χ4v) is 3.16. The Hall–Kier alpha value is -1.60. The van der Waals surface area contributed by atoms with Crippen LogP contribution in [0.4, 0.5) is 8.78 Å². The molecule has 7 heteroatoms. The highest BCUT2D eigenvalue weighted by Crippen LogP contribution is 2.25. The van der Waals surface area contributed by atoms with Crippen LogP contribution in [0.1, 0.15) is 17.8 Å². The lowest BCUT2D eigenvalue weighted by Crippen LogP contribution is -2.07. The Bertz CT molecular complexity index is 805. The smallest absolute Gasteiger partial charge is 0.184 e. The monoisotopic (exact) mass is 311 g/mol. The van der Waals surface area contributed by atoms with E-state index in [1.165, 1.54) is 17.4 Å². The summed E-state index contributed by atoms with van der Waals surface area (Å²) in [6.07, 6.45) is 1.73. The molecule has 1 unspecified atom stereocenters. The molecule has 0 aliphatic heterocycles. The van der Waals surface area contributed by atoms with Crippen molar-refractivity contribution in [3.8, 4) is 0 Å². The third-order valence-electron chi connectivity index (χ3n) is 3.16. The van der Waals surface area contributed by atoms with Crippen LogP contribution >= 0.6 is 23.6 Å². The van der Waals surface area contributed by atoms with E-state index in [2.05, 4.69) is 9.97 Å². The summed E-state index contributed by atoms with van der Waals surface area (Å²) in [7, 11) is 0. The van der Waals surface area contributed by atoms with Gasteiger partial charge in [0, 0.05) is 24.0 Å². The molecule has 0 amide bonds. The predicted molar refractivity (Wildman–Crippen MR) is 77.6 cm³/mol. The number of fused-ring (bicyclic) bond motifs is 1. The van der Waals surface area contributed by atoms with Crippen molar-refractivity contribution in [3.05, 3.63) is 45.1 Å². The number of H-pyrrole nitrogens is 1. The molecule has 0 spiro atoms. The van der Waals surface area contributed by atoms with Gasteiger partial charge >= 0.3 is 0 Å². The van der Waals surface area contributed by atoms with Crippen LogP contribution in [0.2, 0.25) is 0 Å². The second-order valence-electron chi connectivity index (χ2n) is 4.57. The van der Waals surface area contributed by atoms with Crippen molar-refractivity contribution in [3.63, 3.8) is 0 Å². The molecular formula is C13H11F2N3S2. The molecule has 0 saturated carbocycles. The van der Waals surface area contributed by atoms with Gasteiger partial charge in [0.2, 0.25) is 0 Å². The first-order valence-electron chi connectivity index (χ1n) is 6.04. The number of hydrogen-bond donors (Lipinski definition) is 1. The van der Waals surface area contributed by atoms with Crippen LogP contribution in [-0.4, -0.2) is 14.5 Å². The average molecular weight is 311 g/mol. The summed E-state index contributed by atoms with van der Waals surface area (Å²) in [5, 5.41) is 2.83. The average Bonchev–Trinajstić information content (AvgIpc) is 3.04. The Labute approximate surface area is 122 Å². The number of imidazole rings is 1. The fourth-order valence-electron chi connectivity index (χ4n) is 2.19. The molecule has 3 rings (SSSR count). The van der Waals surface area contributed by atoms with Gasteiger partial charge in [-0.15, -0.1) is 11.3 Å². The maximum Gasteiger partial charge on any atom is 0.184 e. The molecule has 3 aromatic rings. The summed E-state index contributed by atoms with van der Waals surface area (Å²) in [5.74, 6) is -1.67. The van der Waals surface area contributed by atoms with Crippen molar-refractivity contribution in [2.75, 3.05) is 0 Å². The van der Waals surface area contributed by atoms with Crippen LogP contribution in [0.3, 0.4) is 0 Å². The number of hydrogen-bond acceptors (Lipinski definition) is 3. The van der Waals surface area contributed by atoms with Gasteiger partial charge in [-0.2, -0.15) is 0 Å². The highest BCUT2D eigenvalue weighted by molar-refractivity contribution is 7.71. The zero-order valence-electron chi connectivity index (χ0n) is 10.6. The van der Waals surface area contributed by atoms with Crippen molar-refractivity contribution in [1.82, 2.24) is 14.5 Å². The lowest BCUT2D eigenvalue weighted by molar-refractivity contribution is 0.507.